The third-order valence-corrected chi connectivity index (χ3v) is 4.00. The van der Waals surface area contributed by atoms with Gasteiger partial charge in [0.15, 0.2) is 0 Å². The highest BCUT2D eigenvalue weighted by molar-refractivity contribution is 7.99. The summed E-state index contributed by atoms with van der Waals surface area (Å²) in [5, 5.41) is 13.5. The summed E-state index contributed by atoms with van der Waals surface area (Å²) in [5.41, 5.74) is -0.205. The van der Waals surface area contributed by atoms with E-state index in [0.717, 1.165) is 17.9 Å². The van der Waals surface area contributed by atoms with Crippen molar-refractivity contribution in [1.29, 1.82) is 0 Å². The molecule has 1 aromatic heterocycles. The van der Waals surface area contributed by atoms with E-state index in [4.69, 9.17) is 4.42 Å². The molecule has 4 heteroatoms. The molecule has 0 aliphatic carbocycles. The molecule has 0 spiro atoms. The molecule has 0 aromatic carbocycles. The molecule has 0 radical (unpaired) electrons. The third-order valence-electron chi connectivity index (χ3n) is 2.81. The van der Waals surface area contributed by atoms with E-state index in [0.29, 0.717) is 11.3 Å². The van der Waals surface area contributed by atoms with Crippen molar-refractivity contribution < 1.29 is 9.52 Å². The predicted molar refractivity (Wildman–Crippen MR) is 77.8 cm³/mol. The molecule has 2 unspecified atom stereocenters. The van der Waals surface area contributed by atoms with Gasteiger partial charge in [0.25, 0.3) is 0 Å². The molecule has 1 rings (SSSR count). The summed E-state index contributed by atoms with van der Waals surface area (Å²) < 4.78 is 5.32. The first-order valence-corrected chi connectivity index (χ1v) is 7.52. The number of aliphatic hydroxyl groups is 1. The highest BCUT2D eigenvalue weighted by atomic mass is 32.2. The molecule has 104 valence electrons. The Morgan fingerprint density at radius 1 is 1.44 bits per heavy atom. The molecule has 0 amide bonds. The van der Waals surface area contributed by atoms with Gasteiger partial charge in [0.2, 0.25) is 0 Å². The quantitative estimate of drug-likeness (QED) is 0.763. The highest BCUT2D eigenvalue weighted by Gasteiger charge is 2.26. The summed E-state index contributed by atoms with van der Waals surface area (Å²) in [5.74, 6) is 1.89. The second-order valence-corrected chi connectivity index (χ2v) is 6.85. The molecule has 0 saturated heterocycles. The standard InChI is InChI=1S/C14H25NO2S/c1-11(2)15-14(4,10-16)8-12(3)18-9-13-6-5-7-17-13/h5-7,11-12,15-16H,8-10H2,1-4H3. The molecule has 0 aliphatic heterocycles. The lowest BCUT2D eigenvalue weighted by Gasteiger charge is -2.33. The summed E-state index contributed by atoms with van der Waals surface area (Å²) >= 11 is 1.86. The first kappa shape index (κ1) is 15.6. The SMILES string of the molecule is CC(C)NC(C)(CO)CC(C)SCc1ccco1. The van der Waals surface area contributed by atoms with Crippen LogP contribution in [0.4, 0.5) is 0 Å². The Balaban J connectivity index is 2.39. The minimum atomic E-state index is -0.205. The Morgan fingerprint density at radius 3 is 2.67 bits per heavy atom. The Bertz CT molecular complexity index is 327. The number of hydrogen-bond donors (Lipinski definition) is 2. The van der Waals surface area contributed by atoms with Crippen LogP contribution in [0, 0.1) is 0 Å². The van der Waals surface area contributed by atoms with E-state index < -0.39 is 0 Å². The first-order chi connectivity index (χ1) is 8.45. The summed E-state index contributed by atoms with van der Waals surface area (Å²) in [4.78, 5) is 0. The van der Waals surface area contributed by atoms with Crippen LogP contribution in [-0.4, -0.2) is 28.5 Å². The van der Waals surface area contributed by atoms with E-state index in [2.05, 4.69) is 33.0 Å². The number of rotatable bonds is 8. The first-order valence-electron chi connectivity index (χ1n) is 6.48. The van der Waals surface area contributed by atoms with Gasteiger partial charge in [0, 0.05) is 16.8 Å². The largest absolute Gasteiger partial charge is 0.468 e. The number of nitrogens with one attached hydrogen (secondary N) is 1. The molecule has 0 bridgehead atoms. The van der Waals surface area contributed by atoms with Gasteiger partial charge >= 0.3 is 0 Å². The van der Waals surface area contributed by atoms with E-state index in [1.54, 1.807) is 6.26 Å². The van der Waals surface area contributed by atoms with E-state index in [9.17, 15) is 5.11 Å². The maximum Gasteiger partial charge on any atom is 0.113 e. The van der Waals surface area contributed by atoms with Gasteiger partial charge in [-0.2, -0.15) is 11.8 Å². The molecule has 3 nitrogen and oxygen atoms in total. The summed E-state index contributed by atoms with van der Waals surface area (Å²) in [6.07, 6.45) is 2.64. The average Bonchev–Trinajstić information content (AvgIpc) is 2.78. The second-order valence-electron chi connectivity index (χ2n) is 5.42. The number of thioether (sulfide) groups is 1. The average molecular weight is 271 g/mol. The molecule has 2 N–H and O–H groups in total. The van der Waals surface area contributed by atoms with Crippen molar-refractivity contribution in [3.63, 3.8) is 0 Å². The van der Waals surface area contributed by atoms with Crippen LogP contribution in [0.5, 0.6) is 0 Å². The van der Waals surface area contributed by atoms with Gasteiger partial charge in [-0.15, -0.1) is 0 Å². The number of furan rings is 1. The van der Waals surface area contributed by atoms with Crippen molar-refractivity contribution >= 4 is 11.8 Å². The Labute approximate surface area is 114 Å². The van der Waals surface area contributed by atoms with Crippen LogP contribution in [0.15, 0.2) is 22.8 Å². The van der Waals surface area contributed by atoms with Gasteiger partial charge in [0.1, 0.15) is 5.76 Å². The molecule has 0 fully saturated rings. The lowest BCUT2D eigenvalue weighted by molar-refractivity contribution is 0.157. The molecular formula is C14H25NO2S. The van der Waals surface area contributed by atoms with Crippen LogP contribution in [0.25, 0.3) is 0 Å². The van der Waals surface area contributed by atoms with Gasteiger partial charge in [-0.1, -0.05) is 20.8 Å². The van der Waals surface area contributed by atoms with Gasteiger partial charge < -0.3 is 14.8 Å². The summed E-state index contributed by atoms with van der Waals surface area (Å²) in [7, 11) is 0. The van der Waals surface area contributed by atoms with Crippen molar-refractivity contribution in [3.8, 4) is 0 Å². The topological polar surface area (TPSA) is 45.4 Å². The van der Waals surface area contributed by atoms with Crippen LogP contribution < -0.4 is 5.32 Å². The molecule has 1 aromatic rings. The second kappa shape index (κ2) is 7.22. The van der Waals surface area contributed by atoms with Gasteiger partial charge in [0.05, 0.1) is 18.6 Å². The van der Waals surface area contributed by atoms with Crippen LogP contribution in [0.3, 0.4) is 0 Å². The minimum absolute atomic E-state index is 0.164. The normalized spacial score (nSPS) is 16.8. The fraction of sp³-hybridized carbons (Fsp3) is 0.714. The maximum atomic E-state index is 9.54. The Kier molecular flexibility index (Phi) is 6.26. The van der Waals surface area contributed by atoms with E-state index in [-0.39, 0.29) is 12.1 Å². The minimum Gasteiger partial charge on any atom is -0.468 e. The van der Waals surface area contributed by atoms with Crippen LogP contribution in [0.1, 0.15) is 39.9 Å². The van der Waals surface area contributed by atoms with Crippen molar-refractivity contribution in [2.75, 3.05) is 6.61 Å². The van der Waals surface area contributed by atoms with E-state index >= 15 is 0 Å². The van der Waals surface area contributed by atoms with Crippen LogP contribution in [-0.2, 0) is 5.75 Å². The van der Waals surface area contributed by atoms with Crippen molar-refractivity contribution in [2.45, 2.75) is 56.7 Å². The molecule has 0 aliphatic rings. The van der Waals surface area contributed by atoms with Gasteiger partial charge in [-0.25, -0.2) is 0 Å². The summed E-state index contributed by atoms with van der Waals surface area (Å²) in [6.45, 7) is 8.65. The zero-order valence-corrected chi connectivity index (χ0v) is 12.6. The van der Waals surface area contributed by atoms with Crippen molar-refractivity contribution in [2.24, 2.45) is 0 Å². The molecule has 1 heterocycles. The molecule has 18 heavy (non-hydrogen) atoms. The maximum absolute atomic E-state index is 9.54. The zero-order valence-electron chi connectivity index (χ0n) is 11.8. The smallest absolute Gasteiger partial charge is 0.113 e. The van der Waals surface area contributed by atoms with Crippen LogP contribution in [0.2, 0.25) is 0 Å². The lowest BCUT2D eigenvalue weighted by atomic mass is 9.96. The van der Waals surface area contributed by atoms with E-state index in [1.165, 1.54) is 0 Å². The van der Waals surface area contributed by atoms with Gasteiger partial charge in [-0.3, -0.25) is 0 Å². The molecule has 0 saturated carbocycles. The highest BCUT2D eigenvalue weighted by Crippen LogP contribution is 2.25. The zero-order chi connectivity index (χ0) is 13.6. The molecule has 2 atom stereocenters. The number of aliphatic hydroxyl groups excluding tert-OH is 1. The summed E-state index contributed by atoms with van der Waals surface area (Å²) in [6, 6.07) is 4.29. The third kappa shape index (κ3) is 5.46. The monoisotopic (exact) mass is 271 g/mol. The fourth-order valence-corrected chi connectivity index (χ4v) is 3.28. The van der Waals surface area contributed by atoms with E-state index in [1.807, 2.05) is 23.9 Å². The molecular weight excluding hydrogens is 246 g/mol. The van der Waals surface area contributed by atoms with Crippen molar-refractivity contribution in [3.05, 3.63) is 24.2 Å². The van der Waals surface area contributed by atoms with Crippen LogP contribution >= 0.6 is 11.8 Å². The van der Waals surface area contributed by atoms with Gasteiger partial charge in [-0.05, 0) is 25.5 Å². The Morgan fingerprint density at radius 2 is 2.17 bits per heavy atom. The fourth-order valence-electron chi connectivity index (χ4n) is 2.18. The lowest BCUT2D eigenvalue weighted by Crippen LogP contribution is -2.50. The Hall–Kier alpha value is -0.450. The predicted octanol–water partition coefficient (Wildman–Crippen LogP) is 3.04. The number of hydrogen-bond acceptors (Lipinski definition) is 4. The van der Waals surface area contributed by atoms with Crippen molar-refractivity contribution in [1.82, 2.24) is 5.32 Å².